The van der Waals surface area contributed by atoms with E-state index in [9.17, 15) is 0 Å². The zero-order chi connectivity index (χ0) is 9.84. The Balaban J connectivity index is 0.00000169. The molecule has 0 bridgehead atoms. The van der Waals surface area contributed by atoms with Crippen LogP contribution in [-0.4, -0.2) is 0 Å². The van der Waals surface area contributed by atoms with E-state index in [1.54, 1.807) is 0 Å². The average Bonchev–Trinajstić information content (AvgIpc) is 2.15. The van der Waals surface area contributed by atoms with Crippen molar-refractivity contribution in [1.29, 1.82) is 0 Å². The lowest BCUT2D eigenvalue weighted by Gasteiger charge is -2.18. The van der Waals surface area contributed by atoms with E-state index < -0.39 is 0 Å². The van der Waals surface area contributed by atoms with Crippen LogP contribution in [0.15, 0.2) is 24.3 Å². The fraction of sp³-hybridized carbons (Fsp3) is 0.455. The molecule has 0 aliphatic rings. The van der Waals surface area contributed by atoms with Crippen molar-refractivity contribution in [1.82, 2.24) is 0 Å². The molecule has 0 amide bonds. The zero-order valence-corrected chi connectivity index (χ0v) is 10.1. The van der Waals surface area contributed by atoms with Crippen molar-refractivity contribution in [3.05, 3.63) is 34.9 Å². The van der Waals surface area contributed by atoms with Gasteiger partial charge >= 0.3 is 0 Å². The molecular formula is C11H17Cl2N. The summed E-state index contributed by atoms with van der Waals surface area (Å²) in [6.07, 6.45) is 1.09. The van der Waals surface area contributed by atoms with Crippen molar-refractivity contribution in [3.8, 4) is 0 Å². The van der Waals surface area contributed by atoms with Gasteiger partial charge in [-0.05, 0) is 23.6 Å². The number of hydrogen-bond acceptors (Lipinski definition) is 1. The van der Waals surface area contributed by atoms with Crippen LogP contribution in [0.5, 0.6) is 0 Å². The van der Waals surface area contributed by atoms with Gasteiger partial charge in [0.1, 0.15) is 0 Å². The molecule has 0 radical (unpaired) electrons. The number of nitrogens with two attached hydrogens (primary N) is 1. The van der Waals surface area contributed by atoms with E-state index in [4.69, 9.17) is 17.3 Å². The van der Waals surface area contributed by atoms with Gasteiger partial charge in [0.15, 0.2) is 0 Å². The molecule has 0 saturated heterocycles. The van der Waals surface area contributed by atoms with Gasteiger partial charge in [-0.2, -0.15) is 0 Å². The van der Waals surface area contributed by atoms with Crippen LogP contribution in [0, 0.1) is 5.92 Å². The Morgan fingerprint density at radius 3 is 2.57 bits per heavy atom. The number of rotatable bonds is 3. The Kier molecular flexibility index (Phi) is 6.17. The minimum Gasteiger partial charge on any atom is -0.324 e. The topological polar surface area (TPSA) is 26.0 Å². The van der Waals surface area contributed by atoms with Crippen molar-refractivity contribution < 1.29 is 0 Å². The Labute approximate surface area is 97.1 Å². The second-order valence-electron chi connectivity index (χ2n) is 3.47. The molecule has 1 unspecified atom stereocenters. The lowest BCUT2D eigenvalue weighted by atomic mass is 9.93. The minimum atomic E-state index is 0. The number of benzene rings is 1. The van der Waals surface area contributed by atoms with Crippen molar-refractivity contribution in [2.24, 2.45) is 11.7 Å². The highest BCUT2D eigenvalue weighted by Crippen LogP contribution is 2.23. The molecule has 14 heavy (non-hydrogen) atoms. The molecule has 2 N–H and O–H groups in total. The van der Waals surface area contributed by atoms with Crippen LogP contribution in [0.3, 0.4) is 0 Å². The third-order valence-electron chi connectivity index (χ3n) is 2.49. The van der Waals surface area contributed by atoms with E-state index in [1.165, 1.54) is 0 Å². The summed E-state index contributed by atoms with van der Waals surface area (Å²) in [5.74, 6) is 0.499. The first-order valence-electron chi connectivity index (χ1n) is 4.66. The summed E-state index contributed by atoms with van der Waals surface area (Å²) >= 11 is 5.88. The molecule has 2 atom stereocenters. The maximum Gasteiger partial charge on any atom is 0.0409 e. The Morgan fingerprint density at radius 1 is 1.43 bits per heavy atom. The summed E-state index contributed by atoms with van der Waals surface area (Å²) in [7, 11) is 0. The van der Waals surface area contributed by atoms with Crippen molar-refractivity contribution in [2.75, 3.05) is 0 Å². The highest BCUT2D eigenvalue weighted by molar-refractivity contribution is 6.30. The van der Waals surface area contributed by atoms with Crippen LogP contribution >= 0.6 is 24.0 Å². The maximum atomic E-state index is 6.06. The Hall–Kier alpha value is -0.240. The molecule has 0 aliphatic carbocycles. The molecule has 3 heteroatoms. The average molecular weight is 234 g/mol. The third-order valence-corrected chi connectivity index (χ3v) is 2.73. The van der Waals surface area contributed by atoms with Crippen LogP contribution in [0.4, 0.5) is 0 Å². The van der Waals surface area contributed by atoms with Crippen LogP contribution in [0.2, 0.25) is 5.02 Å². The van der Waals surface area contributed by atoms with Gasteiger partial charge in [-0.3, -0.25) is 0 Å². The Bertz CT molecular complexity index is 276. The lowest BCUT2D eigenvalue weighted by Crippen LogP contribution is -2.18. The zero-order valence-electron chi connectivity index (χ0n) is 8.53. The third kappa shape index (κ3) is 3.49. The van der Waals surface area contributed by atoms with E-state index in [0.717, 1.165) is 17.0 Å². The molecule has 80 valence electrons. The van der Waals surface area contributed by atoms with Gasteiger partial charge in [0.05, 0.1) is 0 Å². The summed E-state index contributed by atoms with van der Waals surface area (Å²) in [6.45, 7) is 4.31. The van der Waals surface area contributed by atoms with Crippen molar-refractivity contribution >= 4 is 24.0 Å². The van der Waals surface area contributed by atoms with E-state index in [2.05, 4.69) is 13.8 Å². The summed E-state index contributed by atoms with van der Waals surface area (Å²) in [6, 6.07) is 7.89. The predicted molar refractivity (Wildman–Crippen MR) is 65.1 cm³/mol. The quantitative estimate of drug-likeness (QED) is 0.845. The van der Waals surface area contributed by atoms with Crippen LogP contribution in [0.1, 0.15) is 31.9 Å². The molecule has 0 saturated carbocycles. The van der Waals surface area contributed by atoms with E-state index in [1.807, 2.05) is 24.3 Å². The first-order valence-corrected chi connectivity index (χ1v) is 5.04. The van der Waals surface area contributed by atoms with Gasteiger partial charge in [0.2, 0.25) is 0 Å². The van der Waals surface area contributed by atoms with Gasteiger partial charge < -0.3 is 5.73 Å². The highest BCUT2D eigenvalue weighted by Gasteiger charge is 2.12. The lowest BCUT2D eigenvalue weighted by molar-refractivity contribution is 0.457. The molecule has 1 nitrogen and oxygen atoms in total. The standard InChI is InChI=1S/C11H16ClN.ClH/c1-3-8(2)11(13)9-5-4-6-10(12)7-9;/h4-8,11H,3,13H2,1-2H3;1H/t8?,11-;/m1./s1. The summed E-state index contributed by atoms with van der Waals surface area (Å²) in [5, 5.41) is 0.760. The van der Waals surface area contributed by atoms with Crippen LogP contribution < -0.4 is 5.73 Å². The van der Waals surface area contributed by atoms with E-state index in [0.29, 0.717) is 5.92 Å². The van der Waals surface area contributed by atoms with Gasteiger partial charge in [0, 0.05) is 11.1 Å². The van der Waals surface area contributed by atoms with Gasteiger partial charge in [-0.25, -0.2) is 0 Å². The van der Waals surface area contributed by atoms with Gasteiger partial charge in [0.25, 0.3) is 0 Å². The molecule has 0 fully saturated rings. The maximum absolute atomic E-state index is 6.06. The van der Waals surface area contributed by atoms with Gasteiger partial charge in [-0.1, -0.05) is 44.0 Å². The van der Waals surface area contributed by atoms with Crippen LogP contribution in [-0.2, 0) is 0 Å². The molecule has 1 aromatic carbocycles. The van der Waals surface area contributed by atoms with Gasteiger partial charge in [-0.15, -0.1) is 12.4 Å². The fourth-order valence-corrected chi connectivity index (χ4v) is 1.50. The Morgan fingerprint density at radius 2 is 2.07 bits per heavy atom. The summed E-state index contributed by atoms with van der Waals surface area (Å²) < 4.78 is 0. The smallest absolute Gasteiger partial charge is 0.0409 e. The number of hydrogen-bond donors (Lipinski definition) is 1. The van der Waals surface area contributed by atoms with E-state index in [-0.39, 0.29) is 18.4 Å². The second kappa shape index (κ2) is 6.28. The predicted octanol–water partition coefficient (Wildman–Crippen LogP) is 3.81. The molecule has 0 aromatic heterocycles. The summed E-state index contributed by atoms with van der Waals surface area (Å²) in [5.41, 5.74) is 7.19. The highest BCUT2D eigenvalue weighted by atomic mass is 35.5. The molecular weight excluding hydrogens is 217 g/mol. The first-order chi connectivity index (χ1) is 6.15. The minimum absolute atomic E-state index is 0. The SMILES string of the molecule is CCC(C)[C@@H](N)c1cccc(Cl)c1.Cl. The molecule has 1 aromatic rings. The summed E-state index contributed by atoms with van der Waals surface area (Å²) in [4.78, 5) is 0. The molecule has 0 aliphatic heterocycles. The first kappa shape index (κ1) is 13.8. The second-order valence-corrected chi connectivity index (χ2v) is 3.90. The molecule has 0 spiro atoms. The van der Waals surface area contributed by atoms with Crippen LogP contribution in [0.25, 0.3) is 0 Å². The normalized spacial score (nSPS) is 14.3. The monoisotopic (exact) mass is 233 g/mol. The molecule has 1 rings (SSSR count). The van der Waals surface area contributed by atoms with Crippen molar-refractivity contribution in [3.63, 3.8) is 0 Å². The fourth-order valence-electron chi connectivity index (χ4n) is 1.30. The number of halogens is 2. The van der Waals surface area contributed by atoms with Crippen molar-refractivity contribution in [2.45, 2.75) is 26.3 Å². The largest absolute Gasteiger partial charge is 0.324 e. The van der Waals surface area contributed by atoms with E-state index >= 15 is 0 Å². The molecule has 0 heterocycles.